The molecule has 1 N–H and O–H groups in total. The second-order valence-corrected chi connectivity index (χ2v) is 5.39. The minimum Gasteiger partial charge on any atom is -0.464 e. The summed E-state index contributed by atoms with van der Waals surface area (Å²) in [5.74, 6) is -0.484. The van der Waals surface area contributed by atoms with Crippen LogP contribution < -0.4 is 5.32 Å². The van der Waals surface area contributed by atoms with Gasteiger partial charge in [-0.05, 0) is 37.5 Å². The van der Waals surface area contributed by atoms with Crippen LogP contribution in [0.25, 0.3) is 0 Å². The van der Waals surface area contributed by atoms with Gasteiger partial charge in [0.2, 0.25) is 5.91 Å². The highest BCUT2D eigenvalue weighted by atomic mass is 16.6. The first-order chi connectivity index (χ1) is 9.88. The molecule has 5 nitrogen and oxygen atoms in total. The number of ether oxygens (including phenoxy) is 2. The van der Waals surface area contributed by atoms with Crippen molar-refractivity contribution in [3.8, 4) is 0 Å². The summed E-state index contributed by atoms with van der Waals surface area (Å²) in [6, 6.07) is 7.46. The molecule has 0 bridgehead atoms. The summed E-state index contributed by atoms with van der Waals surface area (Å²) in [6.07, 6.45) is -0.757. The molecule has 0 aliphatic rings. The molecule has 1 amide bonds. The van der Waals surface area contributed by atoms with Crippen LogP contribution in [0.4, 0.5) is 5.69 Å². The Kier molecular flexibility index (Phi) is 6.88. The average molecular weight is 293 g/mol. The molecular formula is C16H23NO4. The van der Waals surface area contributed by atoms with Gasteiger partial charge in [-0.15, -0.1) is 0 Å². The van der Waals surface area contributed by atoms with Crippen molar-refractivity contribution < 1.29 is 19.1 Å². The molecular weight excluding hydrogens is 270 g/mol. The van der Waals surface area contributed by atoms with Crippen molar-refractivity contribution in [1.29, 1.82) is 0 Å². The van der Waals surface area contributed by atoms with E-state index in [4.69, 9.17) is 9.47 Å². The van der Waals surface area contributed by atoms with Gasteiger partial charge in [0.05, 0.1) is 6.61 Å². The maximum atomic E-state index is 11.7. The zero-order chi connectivity index (χ0) is 15.8. The van der Waals surface area contributed by atoms with Crippen LogP contribution in [0, 0.1) is 12.8 Å². The molecule has 0 saturated heterocycles. The molecule has 21 heavy (non-hydrogen) atoms. The van der Waals surface area contributed by atoms with Gasteiger partial charge in [-0.1, -0.05) is 26.0 Å². The molecule has 116 valence electrons. The van der Waals surface area contributed by atoms with E-state index in [0.29, 0.717) is 12.3 Å². The average Bonchev–Trinajstić information content (AvgIpc) is 2.42. The highest BCUT2D eigenvalue weighted by Crippen LogP contribution is 2.09. The van der Waals surface area contributed by atoms with Gasteiger partial charge in [0.1, 0.15) is 6.61 Å². The Bertz CT molecular complexity index is 485. The smallest absolute Gasteiger partial charge is 0.334 e. The van der Waals surface area contributed by atoms with Gasteiger partial charge in [0, 0.05) is 5.69 Å². The summed E-state index contributed by atoms with van der Waals surface area (Å²) < 4.78 is 10.2. The van der Waals surface area contributed by atoms with Crippen molar-refractivity contribution in [3.63, 3.8) is 0 Å². The van der Waals surface area contributed by atoms with Crippen molar-refractivity contribution >= 4 is 17.6 Å². The van der Waals surface area contributed by atoms with Crippen molar-refractivity contribution in [2.45, 2.75) is 33.8 Å². The molecule has 0 radical (unpaired) electrons. The van der Waals surface area contributed by atoms with Gasteiger partial charge in [-0.3, -0.25) is 4.79 Å². The number of anilines is 1. The van der Waals surface area contributed by atoms with Crippen molar-refractivity contribution in [1.82, 2.24) is 0 Å². The molecule has 1 rings (SSSR count). The minimum atomic E-state index is -0.757. The van der Waals surface area contributed by atoms with Crippen LogP contribution in [-0.4, -0.2) is 31.2 Å². The number of hydrogen-bond donors (Lipinski definition) is 1. The topological polar surface area (TPSA) is 64.6 Å². The van der Waals surface area contributed by atoms with E-state index in [1.165, 1.54) is 0 Å². The molecule has 5 heteroatoms. The lowest BCUT2D eigenvalue weighted by Crippen LogP contribution is -2.29. The van der Waals surface area contributed by atoms with E-state index < -0.39 is 12.1 Å². The minimum absolute atomic E-state index is 0.189. The first kappa shape index (κ1) is 17.2. The predicted octanol–water partition coefficient (Wildman–Crippen LogP) is 2.54. The number of benzene rings is 1. The quantitative estimate of drug-likeness (QED) is 0.785. The number of carbonyl (C=O) groups is 2. The molecule has 0 aliphatic carbocycles. The molecule has 0 saturated carbocycles. The van der Waals surface area contributed by atoms with Gasteiger partial charge in [-0.2, -0.15) is 0 Å². The zero-order valence-electron chi connectivity index (χ0n) is 13.0. The Morgan fingerprint density at radius 2 is 1.95 bits per heavy atom. The van der Waals surface area contributed by atoms with E-state index in [9.17, 15) is 9.59 Å². The van der Waals surface area contributed by atoms with E-state index in [1.54, 1.807) is 13.0 Å². The highest BCUT2D eigenvalue weighted by molar-refractivity contribution is 5.92. The fourth-order valence-corrected chi connectivity index (χ4v) is 1.55. The van der Waals surface area contributed by atoms with E-state index >= 15 is 0 Å². The van der Waals surface area contributed by atoms with Crippen LogP contribution in [0.1, 0.15) is 26.3 Å². The number of hydrogen-bond acceptors (Lipinski definition) is 4. The van der Waals surface area contributed by atoms with E-state index in [1.807, 2.05) is 39.0 Å². The molecule has 0 aliphatic heterocycles. The Morgan fingerprint density at radius 3 is 2.57 bits per heavy atom. The third-order valence-electron chi connectivity index (χ3n) is 2.66. The van der Waals surface area contributed by atoms with Crippen LogP contribution in [0.5, 0.6) is 0 Å². The van der Waals surface area contributed by atoms with E-state index in [-0.39, 0.29) is 18.4 Å². The van der Waals surface area contributed by atoms with E-state index in [0.717, 1.165) is 5.56 Å². The maximum absolute atomic E-state index is 11.7. The van der Waals surface area contributed by atoms with Gasteiger partial charge >= 0.3 is 5.97 Å². The van der Waals surface area contributed by atoms with Crippen LogP contribution in [0.2, 0.25) is 0 Å². The second kappa shape index (κ2) is 8.42. The first-order valence-electron chi connectivity index (χ1n) is 7.03. The normalized spacial score (nSPS) is 12.0. The van der Waals surface area contributed by atoms with Crippen molar-refractivity contribution in [3.05, 3.63) is 29.8 Å². The number of rotatable bonds is 7. The lowest BCUT2D eigenvalue weighted by molar-refractivity contribution is -0.157. The summed E-state index contributed by atoms with van der Waals surface area (Å²) in [5, 5.41) is 2.71. The van der Waals surface area contributed by atoms with Crippen LogP contribution >= 0.6 is 0 Å². The van der Waals surface area contributed by atoms with Crippen molar-refractivity contribution in [2.24, 2.45) is 5.92 Å². The molecule has 0 heterocycles. The zero-order valence-corrected chi connectivity index (χ0v) is 13.0. The summed E-state index contributed by atoms with van der Waals surface area (Å²) in [4.78, 5) is 23.3. The molecule has 0 aromatic heterocycles. The van der Waals surface area contributed by atoms with Gasteiger partial charge in [0.25, 0.3) is 0 Å². The number of amides is 1. The number of esters is 1. The summed E-state index contributed by atoms with van der Waals surface area (Å²) in [5.41, 5.74) is 1.76. The molecule has 1 atom stereocenters. The monoisotopic (exact) mass is 293 g/mol. The Labute approximate surface area is 125 Å². The highest BCUT2D eigenvalue weighted by Gasteiger charge is 2.17. The maximum Gasteiger partial charge on any atom is 0.334 e. The Hall–Kier alpha value is -1.88. The summed E-state index contributed by atoms with van der Waals surface area (Å²) in [7, 11) is 0. The predicted molar refractivity (Wildman–Crippen MR) is 81.0 cm³/mol. The summed E-state index contributed by atoms with van der Waals surface area (Å²) >= 11 is 0. The van der Waals surface area contributed by atoms with Crippen LogP contribution in [0.15, 0.2) is 24.3 Å². The number of nitrogens with one attached hydrogen (secondary N) is 1. The van der Waals surface area contributed by atoms with E-state index in [2.05, 4.69) is 5.32 Å². The van der Waals surface area contributed by atoms with Gasteiger partial charge in [-0.25, -0.2) is 4.79 Å². The van der Waals surface area contributed by atoms with Gasteiger partial charge < -0.3 is 14.8 Å². The number of carbonyl (C=O) groups excluding carboxylic acids is 2. The van der Waals surface area contributed by atoms with Crippen molar-refractivity contribution in [2.75, 3.05) is 18.5 Å². The first-order valence-corrected chi connectivity index (χ1v) is 7.03. The molecule has 1 aromatic rings. The fourth-order valence-electron chi connectivity index (χ4n) is 1.55. The SMILES string of the molecule is Cc1cccc(NC(=O)COC(C)C(=O)OCC(C)C)c1. The molecule has 1 unspecified atom stereocenters. The van der Waals surface area contributed by atoms with Crippen LogP contribution in [-0.2, 0) is 19.1 Å². The second-order valence-electron chi connectivity index (χ2n) is 5.39. The molecule has 1 aromatic carbocycles. The van der Waals surface area contributed by atoms with Gasteiger partial charge in [0.15, 0.2) is 6.10 Å². The lowest BCUT2D eigenvalue weighted by atomic mass is 10.2. The Morgan fingerprint density at radius 1 is 1.24 bits per heavy atom. The number of aryl methyl sites for hydroxylation is 1. The largest absolute Gasteiger partial charge is 0.464 e. The fraction of sp³-hybridized carbons (Fsp3) is 0.500. The summed E-state index contributed by atoms with van der Waals surface area (Å²) in [6.45, 7) is 7.58. The standard InChI is InChI=1S/C16H23NO4/c1-11(2)9-21-16(19)13(4)20-10-15(18)17-14-7-5-6-12(3)8-14/h5-8,11,13H,9-10H2,1-4H3,(H,17,18). The van der Waals surface area contributed by atoms with Crippen LogP contribution in [0.3, 0.4) is 0 Å². The molecule has 0 spiro atoms. The third-order valence-corrected chi connectivity index (χ3v) is 2.66. The Balaban J connectivity index is 2.33. The third kappa shape index (κ3) is 6.90. The molecule has 0 fully saturated rings. The lowest BCUT2D eigenvalue weighted by Gasteiger charge is -2.13.